The van der Waals surface area contributed by atoms with Crippen LogP contribution in [0.2, 0.25) is 0 Å². The van der Waals surface area contributed by atoms with Crippen LogP contribution in [0.3, 0.4) is 0 Å². The van der Waals surface area contributed by atoms with Gasteiger partial charge in [0.1, 0.15) is 0 Å². The molecule has 0 saturated carbocycles. The van der Waals surface area contributed by atoms with Crippen LogP contribution >= 0.6 is 12.4 Å². The maximum absolute atomic E-state index is 12.2. The number of nitrogens with zero attached hydrogens (tertiary/aromatic N) is 1. The topological polar surface area (TPSA) is 44.4 Å². The Kier molecular flexibility index (Phi) is 7.64. The van der Waals surface area contributed by atoms with Crippen molar-refractivity contribution in [1.29, 1.82) is 0 Å². The molecular weight excluding hydrogens is 346 g/mol. The van der Waals surface area contributed by atoms with E-state index in [4.69, 9.17) is 0 Å². The van der Waals surface area contributed by atoms with Gasteiger partial charge in [0.2, 0.25) is 5.91 Å². The second-order valence-electron chi connectivity index (χ2n) is 6.96. The third-order valence-corrected chi connectivity index (χ3v) is 4.61. The third-order valence-electron chi connectivity index (χ3n) is 4.61. The molecular formula is C21H28ClN3O. The van der Waals surface area contributed by atoms with Gasteiger partial charge in [-0.25, -0.2) is 0 Å². The minimum absolute atomic E-state index is 0. The van der Waals surface area contributed by atoms with Crippen molar-refractivity contribution in [3.05, 3.63) is 59.7 Å². The average molecular weight is 374 g/mol. The lowest BCUT2D eigenvalue weighted by molar-refractivity contribution is -0.122. The second-order valence-corrected chi connectivity index (χ2v) is 6.96. The minimum atomic E-state index is -0.0301. The van der Waals surface area contributed by atoms with Gasteiger partial charge in [-0.05, 0) is 55.7 Å². The molecule has 1 amide bonds. The Morgan fingerprint density at radius 3 is 2.54 bits per heavy atom. The van der Waals surface area contributed by atoms with Gasteiger partial charge in [0, 0.05) is 13.1 Å². The van der Waals surface area contributed by atoms with E-state index >= 15 is 0 Å². The summed E-state index contributed by atoms with van der Waals surface area (Å²) in [6, 6.07) is 16.9. The molecule has 1 unspecified atom stereocenters. The number of halogens is 1. The molecule has 4 nitrogen and oxygen atoms in total. The SMILES string of the molecule is CN(C)Cc1ccc(-c2ccccc2CNC(=O)C2CCCN2)cc1.Cl. The largest absolute Gasteiger partial charge is 0.351 e. The van der Waals surface area contributed by atoms with Gasteiger partial charge < -0.3 is 15.5 Å². The van der Waals surface area contributed by atoms with Crippen LogP contribution in [0.15, 0.2) is 48.5 Å². The molecule has 1 aliphatic heterocycles. The smallest absolute Gasteiger partial charge is 0.237 e. The summed E-state index contributed by atoms with van der Waals surface area (Å²) in [7, 11) is 4.15. The molecule has 0 aliphatic carbocycles. The predicted molar refractivity (Wildman–Crippen MR) is 109 cm³/mol. The van der Waals surface area contributed by atoms with Crippen molar-refractivity contribution in [2.24, 2.45) is 0 Å². The minimum Gasteiger partial charge on any atom is -0.351 e. The van der Waals surface area contributed by atoms with E-state index < -0.39 is 0 Å². The first kappa shape index (κ1) is 20.4. The lowest BCUT2D eigenvalue weighted by Gasteiger charge is -2.14. The molecule has 140 valence electrons. The highest BCUT2D eigenvalue weighted by Crippen LogP contribution is 2.24. The molecule has 5 heteroatoms. The summed E-state index contributed by atoms with van der Waals surface area (Å²) in [5.74, 6) is 0.105. The molecule has 2 aromatic carbocycles. The molecule has 1 fully saturated rings. The highest BCUT2D eigenvalue weighted by Gasteiger charge is 2.21. The van der Waals surface area contributed by atoms with Crippen molar-refractivity contribution in [3.8, 4) is 11.1 Å². The van der Waals surface area contributed by atoms with Gasteiger partial charge >= 0.3 is 0 Å². The molecule has 2 N–H and O–H groups in total. The number of hydrogen-bond donors (Lipinski definition) is 2. The van der Waals surface area contributed by atoms with Crippen LogP contribution in [-0.4, -0.2) is 37.5 Å². The highest BCUT2D eigenvalue weighted by atomic mass is 35.5. The quantitative estimate of drug-likeness (QED) is 0.817. The van der Waals surface area contributed by atoms with E-state index in [0.717, 1.165) is 31.5 Å². The van der Waals surface area contributed by atoms with Gasteiger partial charge in [0.05, 0.1) is 6.04 Å². The van der Waals surface area contributed by atoms with E-state index in [-0.39, 0.29) is 24.4 Å². The van der Waals surface area contributed by atoms with Crippen LogP contribution in [-0.2, 0) is 17.9 Å². The molecule has 0 radical (unpaired) electrons. The Balaban J connectivity index is 0.00000243. The van der Waals surface area contributed by atoms with E-state index in [1.165, 1.54) is 16.7 Å². The van der Waals surface area contributed by atoms with E-state index in [0.29, 0.717) is 6.54 Å². The summed E-state index contributed by atoms with van der Waals surface area (Å²) < 4.78 is 0. The van der Waals surface area contributed by atoms with Crippen molar-refractivity contribution >= 4 is 18.3 Å². The number of amides is 1. The lowest BCUT2D eigenvalue weighted by atomic mass is 9.98. The summed E-state index contributed by atoms with van der Waals surface area (Å²) in [5.41, 5.74) is 4.81. The maximum atomic E-state index is 12.2. The molecule has 3 rings (SSSR count). The Morgan fingerprint density at radius 2 is 1.88 bits per heavy atom. The molecule has 2 aromatic rings. The number of carbonyl (C=O) groups excluding carboxylic acids is 1. The zero-order valence-electron chi connectivity index (χ0n) is 15.5. The van der Waals surface area contributed by atoms with Crippen LogP contribution in [0, 0.1) is 0 Å². The lowest BCUT2D eigenvalue weighted by Crippen LogP contribution is -2.40. The van der Waals surface area contributed by atoms with E-state index in [2.05, 4.69) is 66.0 Å². The molecule has 26 heavy (non-hydrogen) atoms. The van der Waals surface area contributed by atoms with Gasteiger partial charge in [-0.15, -0.1) is 12.4 Å². The van der Waals surface area contributed by atoms with Crippen LogP contribution in [0.5, 0.6) is 0 Å². The Labute approximate surface area is 162 Å². The standard InChI is InChI=1S/C21H27N3O.ClH/c1-24(2)15-16-9-11-17(12-10-16)19-7-4-3-6-18(19)14-23-21(25)20-8-5-13-22-20;/h3-4,6-7,9-12,20,22H,5,8,13-15H2,1-2H3,(H,23,25);1H. The average Bonchev–Trinajstić information content (AvgIpc) is 3.15. The van der Waals surface area contributed by atoms with Crippen LogP contribution in [0.1, 0.15) is 24.0 Å². The monoisotopic (exact) mass is 373 g/mol. The fourth-order valence-electron chi connectivity index (χ4n) is 3.32. The van der Waals surface area contributed by atoms with Gasteiger partial charge in [-0.3, -0.25) is 4.79 Å². The fraction of sp³-hybridized carbons (Fsp3) is 0.381. The summed E-state index contributed by atoms with van der Waals surface area (Å²) in [5, 5.41) is 6.33. The number of rotatable bonds is 6. The molecule has 0 bridgehead atoms. The van der Waals surface area contributed by atoms with E-state index in [9.17, 15) is 4.79 Å². The van der Waals surface area contributed by atoms with Gasteiger partial charge in [0.15, 0.2) is 0 Å². The van der Waals surface area contributed by atoms with Crippen molar-refractivity contribution in [1.82, 2.24) is 15.5 Å². The number of carbonyl (C=O) groups is 1. The zero-order valence-corrected chi connectivity index (χ0v) is 16.3. The number of nitrogens with one attached hydrogen (secondary N) is 2. The summed E-state index contributed by atoms with van der Waals surface area (Å²) in [4.78, 5) is 14.4. The number of benzene rings is 2. The van der Waals surface area contributed by atoms with Gasteiger partial charge in [-0.2, -0.15) is 0 Å². The first-order chi connectivity index (χ1) is 12.1. The summed E-state index contributed by atoms with van der Waals surface area (Å²) >= 11 is 0. The summed E-state index contributed by atoms with van der Waals surface area (Å²) in [6.45, 7) is 2.44. The fourth-order valence-corrected chi connectivity index (χ4v) is 3.32. The van der Waals surface area contributed by atoms with Crippen molar-refractivity contribution in [2.75, 3.05) is 20.6 Å². The van der Waals surface area contributed by atoms with Crippen molar-refractivity contribution < 1.29 is 4.79 Å². The first-order valence-corrected chi connectivity index (χ1v) is 8.96. The normalized spacial score (nSPS) is 16.3. The Bertz CT molecular complexity index is 709. The molecule has 1 saturated heterocycles. The Hall–Kier alpha value is -1.88. The van der Waals surface area contributed by atoms with Crippen molar-refractivity contribution in [3.63, 3.8) is 0 Å². The van der Waals surface area contributed by atoms with E-state index in [1.54, 1.807) is 0 Å². The predicted octanol–water partition coefficient (Wildman–Crippen LogP) is 3.21. The van der Waals surface area contributed by atoms with Gasteiger partial charge in [0.25, 0.3) is 0 Å². The molecule has 0 aromatic heterocycles. The third kappa shape index (κ3) is 5.31. The van der Waals surface area contributed by atoms with Gasteiger partial charge in [-0.1, -0.05) is 48.5 Å². The summed E-state index contributed by atoms with van der Waals surface area (Å²) in [6.07, 6.45) is 2.01. The maximum Gasteiger partial charge on any atom is 0.237 e. The molecule has 0 spiro atoms. The Morgan fingerprint density at radius 1 is 1.15 bits per heavy atom. The molecule has 1 atom stereocenters. The highest BCUT2D eigenvalue weighted by molar-refractivity contribution is 5.85. The second kappa shape index (κ2) is 9.72. The van der Waals surface area contributed by atoms with Crippen LogP contribution < -0.4 is 10.6 Å². The number of hydrogen-bond acceptors (Lipinski definition) is 3. The van der Waals surface area contributed by atoms with Crippen molar-refractivity contribution in [2.45, 2.75) is 32.0 Å². The van der Waals surface area contributed by atoms with E-state index in [1.807, 2.05) is 12.1 Å². The first-order valence-electron chi connectivity index (χ1n) is 8.96. The van der Waals surface area contributed by atoms with Crippen LogP contribution in [0.25, 0.3) is 11.1 Å². The zero-order chi connectivity index (χ0) is 17.6. The van der Waals surface area contributed by atoms with Crippen LogP contribution in [0.4, 0.5) is 0 Å². The molecule has 1 heterocycles. The molecule has 1 aliphatic rings.